The molecule has 0 saturated heterocycles. The molecule has 0 amide bonds. The Hall–Kier alpha value is -0.970. The van der Waals surface area contributed by atoms with E-state index in [4.69, 9.17) is 9.47 Å². The van der Waals surface area contributed by atoms with Crippen molar-refractivity contribution < 1.29 is 14.6 Å². The second-order valence-electron chi connectivity index (χ2n) is 4.46. The summed E-state index contributed by atoms with van der Waals surface area (Å²) in [4.78, 5) is 4.39. The van der Waals surface area contributed by atoms with Crippen LogP contribution in [0, 0.1) is 0 Å². The van der Waals surface area contributed by atoms with Gasteiger partial charge in [-0.2, -0.15) is 0 Å². The predicted octanol–water partition coefficient (Wildman–Crippen LogP) is 1.87. The summed E-state index contributed by atoms with van der Waals surface area (Å²) in [6.45, 7) is 4.87. The van der Waals surface area contributed by atoms with Crippen LogP contribution in [0.15, 0.2) is 18.3 Å². The van der Waals surface area contributed by atoms with Crippen molar-refractivity contribution in [3.63, 3.8) is 0 Å². The zero-order valence-electron chi connectivity index (χ0n) is 11.0. The average Bonchev–Trinajstić information content (AvgIpc) is 2.81. The molecule has 2 atom stereocenters. The van der Waals surface area contributed by atoms with Crippen molar-refractivity contribution in [2.24, 2.45) is 0 Å². The van der Waals surface area contributed by atoms with E-state index in [1.165, 1.54) is 5.56 Å². The molecule has 4 nitrogen and oxygen atoms in total. The van der Waals surface area contributed by atoms with E-state index in [1.54, 1.807) is 6.20 Å². The summed E-state index contributed by atoms with van der Waals surface area (Å²) >= 11 is 0. The number of aromatic nitrogens is 1. The second-order valence-corrected chi connectivity index (χ2v) is 4.46. The van der Waals surface area contributed by atoms with Crippen molar-refractivity contribution in [1.82, 2.24) is 4.98 Å². The summed E-state index contributed by atoms with van der Waals surface area (Å²) in [7, 11) is 0. The van der Waals surface area contributed by atoms with Crippen molar-refractivity contribution in [2.45, 2.75) is 45.0 Å². The van der Waals surface area contributed by atoms with E-state index in [9.17, 15) is 5.11 Å². The maximum absolute atomic E-state index is 10.4. The van der Waals surface area contributed by atoms with Crippen LogP contribution in [0.3, 0.4) is 0 Å². The van der Waals surface area contributed by atoms with Gasteiger partial charge in [-0.05, 0) is 38.3 Å². The van der Waals surface area contributed by atoms with Gasteiger partial charge < -0.3 is 14.6 Å². The van der Waals surface area contributed by atoms with Crippen molar-refractivity contribution in [1.29, 1.82) is 0 Å². The van der Waals surface area contributed by atoms with Crippen molar-refractivity contribution in [3.8, 4) is 0 Å². The lowest BCUT2D eigenvalue weighted by atomic mass is 9.99. The Morgan fingerprint density at radius 3 is 2.78 bits per heavy atom. The Morgan fingerprint density at radius 2 is 2.11 bits per heavy atom. The number of hydrogen-bond donors (Lipinski definition) is 1. The molecule has 0 fully saturated rings. The summed E-state index contributed by atoms with van der Waals surface area (Å²) in [5.41, 5.74) is 2.22. The van der Waals surface area contributed by atoms with Crippen LogP contribution in [0.4, 0.5) is 0 Å². The number of nitrogens with zero attached hydrogens (tertiary/aromatic N) is 1. The highest BCUT2D eigenvalue weighted by atomic mass is 16.7. The van der Waals surface area contributed by atoms with Crippen LogP contribution in [-0.2, 0) is 15.9 Å². The number of aliphatic hydroxyl groups excluding tert-OH is 1. The fourth-order valence-corrected chi connectivity index (χ4v) is 2.54. The maximum Gasteiger partial charge on any atom is 0.184 e. The number of ether oxygens (including phenoxy) is 2. The molecule has 0 saturated carbocycles. The van der Waals surface area contributed by atoms with Crippen LogP contribution < -0.4 is 0 Å². The minimum absolute atomic E-state index is 0.0179. The lowest BCUT2D eigenvalue weighted by molar-refractivity contribution is -0.195. The smallest absolute Gasteiger partial charge is 0.184 e. The van der Waals surface area contributed by atoms with Crippen molar-refractivity contribution in [3.05, 3.63) is 29.6 Å². The monoisotopic (exact) mass is 251 g/mol. The zero-order chi connectivity index (χ0) is 13.0. The van der Waals surface area contributed by atoms with Gasteiger partial charge in [-0.25, -0.2) is 0 Å². The molecule has 18 heavy (non-hydrogen) atoms. The Bertz CT molecular complexity index is 377. The predicted molar refractivity (Wildman–Crippen MR) is 68.3 cm³/mol. The summed E-state index contributed by atoms with van der Waals surface area (Å²) < 4.78 is 10.9. The zero-order valence-corrected chi connectivity index (χ0v) is 11.0. The number of aryl methyl sites for hydroxylation is 1. The van der Waals surface area contributed by atoms with Gasteiger partial charge in [0.2, 0.25) is 0 Å². The summed E-state index contributed by atoms with van der Waals surface area (Å²) in [6, 6.07) is 4.02. The van der Waals surface area contributed by atoms with Gasteiger partial charge in [0.15, 0.2) is 6.29 Å². The Labute approximate surface area is 108 Å². The third-order valence-electron chi connectivity index (χ3n) is 3.35. The van der Waals surface area contributed by atoms with Gasteiger partial charge in [0.25, 0.3) is 0 Å². The van der Waals surface area contributed by atoms with Gasteiger partial charge in [-0.1, -0.05) is 6.07 Å². The molecule has 0 aliphatic heterocycles. The minimum Gasteiger partial charge on any atom is -0.387 e. The second kappa shape index (κ2) is 6.27. The number of rotatable bonds is 6. The van der Waals surface area contributed by atoms with E-state index >= 15 is 0 Å². The number of hydrogen-bond acceptors (Lipinski definition) is 4. The van der Waals surface area contributed by atoms with Crippen LogP contribution in [0.25, 0.3) is 0 Å². The highest BCUT2D eigenvalue weighted by Gasteiger charge is 2.35. The number of pyridine rings is 1. The first-order valence-corrected chi connectivity index (χ1v) is 6.63. The maximum atomic E-state index is 10.4. The number of fused-ring (bicyclic) bond motifs is 1. The van der Waals surface area contributed by atoms with Crippen molar-refractivity contribution in [2.75, 3.05) is 13.2 Å². The lowest BCUT2D eigenvalue weighted by Crippen LogP contribution is -2.36. The highest BCUT2D eigenvalue weighted by molar-refractivity contribution is 5.29. The Morgan fingerprint density at radius 1 is 1.39 bits per heavy atom. The van der Waals surface area contributed by atoms with Gasteiger partial charge in [0.05, 0.1) is 0 Å². The first-order chi connectivity index (χ1) is 8.77. The van der Waals surface area contributed by atoms with Gasteiger partial charge in [-0.3, -0.25) is 4.98 Å². The average molecular weight is 251 g/mol. The van der Waals surface area contributed by atoms with Crippen LogP contribution in [-0.4, -0.2) is 35.7 Å². The summed E-state index contributed by atoms with van der Waals surface area (Å²) in [5.74, 6) is 0.0179. The fourth-order valence-electron chi connectivity index (χ4n) is 2.54. The molecule has 1 aliphatic carbocycles. The lowest BCUT2D eigenvalue weighted by Gasteiger charge is -2.27. The van der Waals surface area contributed by atoms with Crippen LogP contribution >= 0.6 is 0 Å². The topological polar surface area (TPSA) is 51.6 Å². The highest BCUT2D eigenvalue weighted by Crippen LogP contribution is 2.35. The molecule has 1 aliphatic rings. The molecule has 0 aromatic carbocycles. The molecule has 2 unspecified atom stereocenters. The van der Waals surface area contributed by atoms with E-state index in [1.807, 2.05) is 19.9 Å². The molecule has 1 aromatic heterocycles. The minimum atomic E-state index is -0.652. The van der Waals surface area contributed by atoms with Crippen LogP contribution in [0.1, 0.15) is 37.4 Å². The molecule has 100 valence electrons. The van der Waals surface area contributed by atoms with Gasteiger partial charge in [0.1, 0.15) is 6.10 Å². The van der Waals surface area contributed by atoms with Crippen LogP contribution in [0.2, 0.25) is 0 Å². The molecule has 1 heterocycles. The quantitative estimate of drug-likeness (QED) is 0.784. The van der Waals surface area contributed by atoms with Crippen molar-refractivity contribution >= 4 is 0 Å². The Balaban J connectivity index is 2.11. The molecule has 1 aromatic rings. The summed E-state index contributed by atoms with van der Waals surface area (Å²) in [6.07, 6.45) is 2.44. The normalized spacial score (nSPS) is 20.1. The SMILES string of the molecule is CCOC(OCC)C(O)C1CCc2cccnc21. The molecule has 1 N–H and O–H groups in total. The largest absolute Gasteiger partial charge is 0.387 e. The molecule has 0 bridgehead atoms. The van der Waals surface area contributed by atoms with E-state index in [-0.39, 0.29) is 5.92 Å². The Kier molecular flexibility index (Phi) is 4.69. The fraction of sp³-hybridized carbons (Fsp3) is 0.643. The third-order valence-corrected chi connectivity index (χ3v) is 3.35. The third kappa shape index (κ3) is 2.71. The van der Waals surface area contributed by atoms with E-state index in [0.717, 1.165) is 18.5 Å². The van der Waals surface area contributed by atoms with E-state index in [2.05, 4.69) is 11.1 Å². The van der Waals surface area contributed by atoms with Crippen LogP contribution in [0.5, 0.6) is 0 Å². The van der Waals surface area contributed by atoms with E-state index < -0.39 is 12.4 Å². The van der Waals surface area contributed by atoms with E-state index in [0.29, 0.717) is 13.2 Å². The molecule has 0 radical (unpaired) electrons. The summed E-state index contributed by atoms with van der Waals surface area (Å²) in [5, 5.41) is 10.4. The molecular formula is C14H21NO3. The first-order valence-electron chi connectivity index (χ1n) is 6.63. The van der Waals surface area contributed by atoms with Gasteiger partial charge >= 0.3 is 0 Å². The standard InChI is InChI=1S/C14H21NO3/c1-3-17-14(18-4-2)13(16)11-8-7-10-6-5-9-15-12(10)11/h5-6,9,11,13-14,16H,3-4,7-8H2,1-2H3. The first kappa shape index (κ1) is 13.5. The number of aliphatic hydroxyl groups is 1. The van der Waals surface area contributed by atoms with Gasteiger partial charge in [0, 0.05) is 31.0 Å². The molecule has 2 rings (SSSR count). The molecular weight excluding hydrogens is 230 g/mol. The van der Waals surface area contributed by atoms with Gasteiger partial charge in [-0.15, -0.1) is 0 Å². The molecule has 0 spiro atoms. The molecule has 4 heteroatoms.